The normalized spacial score (nSPS) is 19.4. The molecule has 1 N–H and O–H groups in total. The number of nitrogens with zero attached hydrogens (tertiary/aromatic N) is 1. The number of halogens is 1. The van der Waals surface area contributed by atoms with Crippen molar-refractivity contribution in [2.24, 2.45) is 0 Å². The Labute approximate surface area is 100 Å². The van der Waals surface area contributed by atoms with Crippen molar-refractivity contribution >= 4 is 15.7 Å². The van der Waals surface area contributed by atoms with E-state index in [9.17, 15) is 12.8 Å². The lowest BCUT2D eigenvalue weighted by molar-refractivity contribution is 0.456. The second kappa shape index (κ2) is 5.01. The zero-order valence-electron chi connectivity index (χ0n) is 9.39. The lowest BCUT2D eigenvalue weighted by Crippen LogP contribution is -2.30. The monoisotopic (exact) mass is 258 g/mol. The van der Waals surface area contributed by atoms with E-state index in [0.717, 1.165) is 5.69 Å². The number of hydrogen-bond acceptors (Lipinski definition) is 3. The van der Waals surface area contributed by atoms with Gasteiger partial charge in [0.2, 0.25) is 10.0 Å². The van der Waals surface area contributed by atoms with E-state index >= 15 is 0 Å². The molecule has 94 valence electrons. The molecule has 0 saturated carbocycles. The van der Waals surface area contributed by atoms with Gasteiger partial charge in [0.1, 0.15) is 5.82 Å². The highest BCUT2D eigenvalue weighted by Crippen LogP contribution is 2.13. The van der Waals surface area contributed by atoms with E-state index in [0.29, 0.717) is 26.1 Å². The van der Waals surface area contributed by atoms with E-state index in [1.165, 1.54) is 16.4 Å². The van der Waals surface area contributed by atoms with Gasteiger partial charge in [-0.15, -0.1) is 0 Å². The van der Waals surface area contributed by atoms with Gasteiger partial charge in [0.25, 0.3) is 0 Å². The summed E-state index contributed by atoms with van der Waals surface area (Å²) in [5.74, 6) is -0.0264. The summed E-state index contributed by atoms with van der Waals surface area (Å²) in [6.45, 7) is 1.60. The summed E-state index contributed by atoms with van der Waals surface area (Å²) in [7, 11) is -3.01. The van der Waals surface area contributed by atoms with Crippen LogP contribution in [0.1, 0.15) is 6.42 Å². The van der Waals surface area contributed by atoms with Crippen molar-refractivity contribution in [2.45, 2.75) is 6.42 Å². The molecule has 0 amide bonds. The molecule has 1 saturated heterocycles. The summed E-state index contributed by atoms with van der Waals surface area (Å²) in [6, 6.07) is 6.01. The molecule has 0 radical (unpaired) electrons. The van der Waals surface area contributed by atoms with Crippen LogP contribution in [0, 0.1) is 5.82 Å². The van der Waals surface area contributed by atoms with Crippen LogP contribution in [0.15, 0.2) is 24.3 Å². The summed E-state index contributed by atoms with van der Waals surface area (Å²) in [5, 5.41) is 3.06. The third-order valence-corrected chi connectivity index (χ3v) is 4.69. The number of rotatable bonds is 4. The highest BCUT2D eigenvalue weighted by atomic mass is 32.2. The van der Waals surface area contributed by atoms with Gasteiger partial charge >= 0.3 is 0 Å². The number of nitrogens with one attached hydrogen (secondary N) is 1. The van der Waals surface area contributed by atoms with Gasteiger partial charge in [-0.05, 0) is 30.7 Å². The first-order valence-electron chi connectivity index (χ1n) is 5.55. The third-order valence-electron chi connectivity index (χ3n) is 2.74. The molecule has 1 aromatic rings. The fourth-order valence-corrected chi connectivity index (χ4v) is 3.36. The molecule has 0 aliphatic carbocycles. The van der Waals surface area contributed by atoms with Crippen LogP contribution in [0.5, 0.6) is 0 Å². The first-order chi connectivity index (χ1) is 8.08. The summed E-state index contributed by atoms with van der Waals surface area (Å²) in [6.07, 6.45) is 0.707. The summed E-state index contributed by atoms with van der Waals surface area (Å²) < 4.78 is 37.1. The van der Waals surface area contributed by atoms with Crippen molar-refractivity contribution in [3.8, 4) is 0 Å². The largest absolute Gasteiger partial charge is 0.384 e. The number of sulfonamides is 1. The second-order valence-corrected chi connectivity index (χ2v) is 6.09. The van der Waals surface area contributed by atoms with Crippen LogP contribution < -0.4 is 5.32 Å². The summed E-state index contributed by atoms with van der Waals surface area (Å²) >= 11 is 0. The Morgan fingerprint density at radius 2 is 2.00 bits per heavy atom. The van der Waals surface area contributed by atoms with Gasteiger partial charge in [-0.25, -0.2) is 17.1 Å². The van der Waals surface area contributed by atoms with Crippen LogP contribution in [0.4, 0.5) is 10.1 Å². The van der Waals surface area contributed by atoms with Crippen molar-refractivity contribution in [1.82, 2.24) is 4.31 Å². The van der Waals surface area contributed by atoms with Crippen LogP contribution >= 0.6 is 0 Å². The zero-order chi connectivity index (χ0) is 12.3. The molecule has 6 heteroatoms. The molecular weight excluding hydrogens is 243 g/mol. The molecule has 1 aliphatic heterocycles. The van der Waals surface area contributed by atoms with Crippen molar-refractivity contribution in [2.75, 3.05) is 30.7 Å². The minimum atomic E-state index is -3.01. The second-order valence-electron chi connectivity index (χ2n) is 4.00. The molecule has 1 fully saturated rings. The van der Waals surface area contributed by atoms with Crippen molar-refractivity contribution in [3.05, 3.63) is 30.1 Å². The van der Waals surface area contributed by atoms with E-state index in [1.54, 1.807) is 12.1 Å². The predicted octanol–water partition coefficient (Wildman–Crippen LogP) is 1.27. The average Bonchev–Trinajstić information content (AvgIpc) is 2.61. The molecule has 1 aliphatic rings. The number of hydrogen-bond donors (Lipinski definition) is 1. The minimum Gasteiger partial charge on any atom is -0.384 e. The topological polar surface area (TPSA) is 49.4 Å². The maximum atomic E-state index is 12.6. The van der Waals surface area contributed by atoms with Gasteiger partial charge in [-0.3, -0.25) is 0 Å². The van der Waals surface area contributed by atoms with Gasteiger partial charge < -0.3 is 5.32 Å². The molecule has 1 heterocycles. The fourth-order valence-electron chi connectivity index (χ4n) is 1.84. The Kier molecular flexibility index (Phi) is 3.63. The number of benzene rings is 1. The smallest absolute Gasteiger partial charge is 0.214 e. The van der Waals surface area contributed by atoms with Gasteiger partial charge in [0.15, 0.2) is 0 Å². The lowest BCUT2D eigenvalue weighted by atomic mass is 10.3. The van der Waals surface area contributed by atoms with Crippen molar-refractivity contribution < 1.29 is 12.8 Å². The quantitative estimate of drug-likeness (QED) is 0.885. The SMILES string of the molecule is O=S1(=O)CCCN1CCNc1ccc(F)cc1. The third kappa shape index (κ3) is 3.17. The highest BCUT2D eigenvalue weighted by Gasteiger charge is 2.27. The molecule has 17 heavy (non-hydrogen) atoms. The summed E-state index contributed by atoms with van der Waals surface area (Å²) in [4.78, 5) is 0. The Morgan fingerprint density at radius 1 is 1.29 bits per heavy atom. The maximum Gasteiger partial charge on any atom is 0.214 e. The molecule has 0 atom stereocenters. The summed E-state index contributed by atoms with van der Waals surface area (Å²) in [5.41, 5.74) is 0.794. The minimum absolute atomic E-state index is 0.254. The molecule has 0 unspecified atom stereocenters. The van der Waals surface area contributed by atoms with E-state index in [4.69, 9.17) is 0 Å². The fraction of sp³-hybridized carbons (Fsp3) is 0.455. The van der Waals surface area contributed by atoms with E-state index in [2.05, 4.69) is 5.32 Å². The standard InChI is InChI=1S/C11H15FN2O2S/c12-10-2-4-11(5-3-10)13-6-8-14-7-1-9-17(14,15)16/h2-5,13H,1,6-9H2. The van der Waals surface area contributed by atoms with Crippen molar-refractivity contribution in [3.63, 3.8) is 0 Å². The Hall–Kier alpha value is -1.14. The molecule has 0 spiro atoms. The molecule has 0 aromatic heterocycles. The van der Waals surface area contributed by atoms with E-state index in [1.807, 2.05) is 0 Å². The van der Waals surface area contributed by atoms with Crippen LogP contribution in [0.2, 0.25) is 0 Å². The zero-order valence-corrected chi connectivity index (χ0v) is 10.2. The van der Waals surface area contributed by atoms with Gasteiger partial charge in [-0.2, -0.15) is 0 Å². The van der Waals surface area contributed by atoms with Crippen LogP contribution in [0.3, 0.4) is 0 Å². The Morgan fingerprint density at radius 3 is 2.59 bits per heavy atom. The van der Waals surface area contributed by atoms with Gasteiger partial charge in [-0.1, -0.05) is 0 Å². The van der Waals surface area contributed by atoms with Crippen LogP contribution in [-0.4, -0.2) is 38.1 Å². The molecule has 4 nitrogen and oxygen atoms in total. The Bertz CT molecular complexity index is 473. The predicted molar refractivity (Wildman–Crippen MR) is 64.9 cm³/mol. The molecule has 0 bridgehead atoms. The van der Waals surface area contributed by atoms with Gasteiger partial charge in [0.05, 0.1) is 5.75 Å². The van der Waals surface area contributed by atoms with Crippen LogP contribution in [-0.2, 0) is 10.0 Å². The maximum absolute atomic E-state index is 12.6. The molecule has 2 rings (SSSR count). The lowest BCUT2D eigenvalue weighted by Gasteiger charge is -2.14. The molecular formula is C11H15FN2O2S. The highest BCUT2D eigenvalue weighted by molar-refractivity contribution is 7.89. The van der Waals surface area contributed by atoms with E-state index in [-0.39, 0.29) is 11.6 Å². The van der Waals surface area contributed by atoms with Crippen LogP contribution in [0.25, 0.3) is 0 Å². The van der Waals surface area contributed by atoms with Gasteiger partial charge in [0, 0.05) is 25.3 Å². The molecule has 1 aromatic carbocycles. The number of anilines is 1. The first-order valence-corrected chi connectivity index (χ1v) is 7.16. The average molecular weight is 258 g/mol. The Balaban J connectivity index is 1.82. The van der Waals surface area contributed by atoms with E-state index < -0.39 is 10.0 Å². The first kappa shape index (κ1) is 12.3. The van der Waals surface area contributed by atoms with Crippen molar-refractivity contribution in [1.29, 1.82) is 0 Å².